The topological polar surface area (TPSA) is 119 Å². The number of amidine groups is 1. The third kappa shape index (κ3) is 4.65. The normalized spacial score (nSPS) is 28.2. The first-order valence-corrected chi connectivity index (χ1v) is 14.7. The minimum Gasteiger partial charge on any atom is -0.383 e. The fraction of sp³-hybridized carbons (Fsp3) is 0.394. The fourth-order valence-corrected chi connectivity index (χ4v) is 7.51. The number of benzene rings is 1. The molecule has 1 aromatic heterocycles. The number of rotatable bonds is 6. The van der Waals surface area contributed by atoms with E-state index in [1.54, 1.807) is 18.3 Å². The number of allylic oxidation sites excluding steroid dienone is 4. The van der Waals surface area contributed by atoms with E-state index in [1.165, 1.54) is 5.57 Å². The Morgan fingerprint density at radius 1 is 1.07 bits per heavy atom. The summed E-state index contributed by atoms with van der Waals surface area (Å²) >= 11 is 0. The van der Waals surface area contributed by atoms with E-state index in [2.05, 4.69) is 32.8 Å². The number of ether oxygens (including phenoxy) is 1. The zero-order valence-electron chi connectivity index (χ0n) is 24.1. The molecule has 3 fully saturated rings. The number of halogens is 3. The summed E-state index contributed by atoms with van der Waals surface area (Å²) in [6.07, 6.45) is 7.16. The van der Waals surface area contributed by atoms with Crippen molar-refractivity contribution >= 4 is 29.0 Å². The molecule has 0 radical (unpaired) electrons. The first kappa shape index (κ1) is 28.5. The number of nitrogens with zero attached hydrogens (tertiary/aromatic N) is 2. The number of aliphatic imine (C=N–C) groups is 1. The molecule has 2 amide bonds. The number of carbonyl (C=O) groups is 2. The third-order valence-corrected chi connectivity index (χ3v) is 10.0. The van der Waals surface area contributed by atoms with E-state index in [-0.39, 0.29) is 34.2 Å². The van der Waals surface area contributed by atoms with Crippen LogP contribution in [0.3, 0.4) is 0 Å². The lowest BCUT2D eigenvalue weighted by molar-refractivity contribution is -0.159. The predicted octanol–water partition coefficient (Wildman–Crippen LogP) is 5.40. The maximum absolute atomic E-state index is 13.1. The van der Waals surface area contributed by atoms with Gasteiger partial charge in [0.05, 0.1) is 24.2 Å². The molecule has 1 saturated heterocycles. The molecule has 44 heavy (non-hydrogen) atoms. The van der Waals surface area contributed by atoms with Crippen LogP contribution in [0.15, 0.2) is 77.1 Å². The van der Waals surface area contributed by atoms with Crippen molar-refractivity contribution in [3.8, 4) is 0 Å². The Balaban J connectivity index is 1.13. The van der Waals surface area contributed by atoms with Gasteiger partial charge in [0.15, 0.2) is 0 Å². The van der Waals surface area contributed by atoms with Gasteiger partial charge < -0.3 is 21.1 Å². The van der Waals surface area contributed by atoms with Crippen molar-refractivity contribution in [2.75, 3.05) is 18.5 Å². The number of nitrogens with two attached hydrogens (primary N) is 1. The summed E-state index contributed by atoms with van der Waals surface area (Å²) in [5.41, 5.74) is 9.09. The third-order valence-electron chi connectivity index (χ3n) is 10.0. The molecule has 2 aromatic rings. The molecule has 228 valence electrons. The highest BCUT2D eigenvalue weighted by atomic mass is 19.4. The second-order valence-electron chi connectivity index (χ2n) is 13.0. The van der Waals surface area contributed by atoms with Crippen molar-refractivity contribution in [1.29, 1.82) is 0 Å². The van der Waals surface area contributed by atoms with Crippen molar-refractivity contribution < 1.29 is 27.5 Å². The molecule has 3 aliphatic carbocycles. The quantitative estimate of drug-likeness (QED) is 0.409. The van der Waals surface area contributed by atoms with Gasteiger partial charge in [-0.2, -0.15) is 13.2 Å². The Morgan fingerprint density at radius 3 is 2.45 bits per heavy atom. The zero-order chi connectivity index (χ0) is 30.9. The molecule has 11 heteroatoms. The average Bonchev–Trinajstić information content (AvgIpc) is 3.67. The number of pyridine rings is 1. The van der Waals surface area contributed by atoms with Crippen LogP contribution in [0.25, 0.3) is 5.57 Å². The van der Waals surface area contributed by atoms with Crippen molar-refractivity contribution in [3.63, 3.8) is 0 Å². The number of amides is 2. The van der Waals surface area contributed by atoms with Gasteiger partial charge in [-0.05, 0) is 79.8 Å². The highest BCUT2D eigenvalue weighted by molar-refractivity contribution is 6.10. The zero-order valence-corrected chi connectivity index (χ0v) is 24.1. The van der Waals surface area contributed by atoms with E-state index in [4.69, 9.17) is 10.5 Å². The molecule has 1 unspecified atom stereocenters. The number of carbonyl (C=O) groups excluding carboxylic acids is 2. The van der Waals surface area contributed by atoms with Crippen LogP contribution in [0.5, 0.6) is 0 Å². The van der Waals surface area contributed by atoms with Crippen LogP contribution in [0.2, 0.25) is 0 Å². The molecule has 1 aromatic carbocycles. The second kappa shape index (κ2) is 9.88. The Labute approximate surface area is 252 Å². The van der Waals surface area contributed by atoms with Crippen LogP contribution in [-0.4, -0.2) is 41.4 Å². The van der Waals surface area contributed by atoms with E-state index in [0.717, 1.165) is 67.1 Å². The van der Waals surface area contributed by atoms with E-state index >= 15 is 0 Å². The van der Waals surface area contributed by atoms with Crippen LogP contribution in [-0.2, 0) is 15.7 Å². The monoisotopic (exact) mass is 603 g/mol. The number of anilines is 1. The highest BCUT2D eigenvalue weighted by Crippen LogP contribution is 2.64. The van der Waals surface area contributed by atoms with E-state index in [0.29, 0.717) is 19.0 Å². The number of alkyl halides is 3. The summed E-state index contributed by atoms with van der Waals surface area (Å²) in [5, 5.41) is 5.87. The maximum atomic E-state index is 13.1. The predicted molar refractivity (Wildman–Crippen MR) is 158 cm³/mol. The van der Waals surface area contributed by atoms with Gasteiger partial charge in [0, 0.05) is 35.0 Å². The minimum atomic E-state index is -4.54. The van der Waals surface area contributed by atoms with Gasteiger partial charge in [0.1, 0.15) is 11.7 Å². The average molecular weight is 604 g/mol. The Hall–Kier alpha value is -4.25. The van der Waals surface area contributed by atoms with Gasteiger partial charge in [0.2, 0.25) is 5.91 Å². The summed E-state index contributed by atoms with van der Waals surface area (Å²) in [7, 11) is 0. The van der Waals surface area contributed by atoms with Gasteiger partial charge in [-0.15, -0.1) is 0 Å². The van der Waals surface area contributed by atoms with Crippen molar-refractivity contribution in [2.45, 2.75) is 50.7 Å². The molecule has 4 N–H and O–H groups in total. The first-order valence-electron chi connectivity index (χ1n) is 14.7. The summed E-state index contributed by atoms with van der Waals surface area (Å²) in [5.74, 6) is -0.263. The highest BCUT2D eigenvalue weighted by Gasteiger charge is 2.59. The van der Waals surface area contributed by atoms with Crippen molar-refractivity contribution in [1.82, 2.24) is 10.3 Å². The van der Waals surface area contributed by atoms with Gasteiger partial charge in [0.25, 0.3) is 5.91 Å². The summed E-state index contributed by atoms with van der Waals surface area (Å²) < 4.78 is 44.5. The molecule has 1 atom stereocenters. The molecule has 2 saturated carbocycles. The number of hydrogen-bond donors (Lipinski definition) is 3. The van der Waals surface area contributed by atoms with Crippen LogP contribution in [0.4, 0.5) is 19.0 Å². The molecule has 0 spiro atoms. The lowest BCUT2D eigenvalue weighted by atomic mass is 9.71. The van der Waals surface area contributed by atoms with Gasteiger partial charge in [-0.3, -0.25) is 9.59 Å². The van der Waals surface area contributed by atoms with Gasteiger partial charge in [-0.1, -0.05) is 29.9 Å². The van der Waals surface area contributed by atoms with Crippen LogP contribution in [0, 0.1) is 16.7 Å². The van der Waals surface area contributed by atoms with Gasteiger partial charge in [-0.25, -0.2) is 9.98 Å². The summed E-state index contributed by atoms with van der Waals surface area (Å²) in [6.45, 7) is 2.86. The van der Waals surface area contributed by atoms with E-state index in [1.807, 2.05) is 19.1 Å². The standard InChI is InChI=1S/C33H32F3N5O3/c1-30(17-44-18-30)29(43)41-32-10-8-31(16-32,9-11-32)24-15-23(26-22(24)7-13-39-27(26)37)19-2-4-20(5-3-19)28(42)40-25-14-21(6-12-38-25)33(34,35)36/h2-7,12-15,22H,8-11,16-18H2,1H3,(H2,37,39)(H,41,43)(H,38,40,42). The summed E-state index contributed by atoms with van der Waals surface area (Å²) in [4.78, 5) is 34.2. The Kier molecular flexibility index (Phi) is 6.41. The van der Waals surface area contributed by atoms with E-state index in [9.17, 15) is 22.8 Å². The largest absolute Gasteiger partial charge is 0.416 e. The SMILES string of the molecule is CC1(C(=O)NC23CCC(C4=CC(c5ccc(C(=O)Nc6cc(C(F)(F)F)ccn6)cc5)=C5C(N)=NC=CC45)(CC2)C3)COC1. The summed E-state index contributed by atoms with van der Waals surface area (Å²) in [6, 6.07) is 8.54. The minimum absolute atomic E-state index is 0.0281. The van der Waals surface area contributed by atoms with Crippen LogP contribution >= 0.6 is 0 Å². The number of fused-ring (bicyclic) bond motifs is 3. The fourth-order valence-electron chi connectivity index (χ4n) is 7.51. The first-order chi connectivity index (χ1) is 20.9. The molecule has 2 aliphatic heterocycles. The van der Waals surface area contributed by atoms with E-state index < -0.39 is 23.1 Å². The van der Waals surface area contributed by atoms with Crippen molar-refractivity contribution in [2.24, 2.45) is 27.5 Å². The molecule has 8 nitrogen and oxygen atoms in total. The van der Waals surface area contributed by atoms with Crippen LogP contribution in [0.1, 0.15) is 60.5 Å². The number of hydrogen-bond acceptors (Lipinski definition) is 6. The lowest BCUT2D eigenvalue weighted by Crippen LogP contribution is -2.57. The smallest absolute Gasteiger partial charge is 0.383 e. The van der Waals surface area contributed by atoms with Gasteiger partial charge >= 0.3 is 6.18 Å². The Bertz CT molecular complexity index is 1680. The molecule has 2 bridgehead atoms. The molecule has 5 aliphatic rings. The van der Waals surface area contributed by atoms with Crippen molar-refractivity contribution in [3.05, 3.63) is 88.8 Å². The molecular weight excluding hydrogens is 571 g/mol. The molecule has 3 heterocycles. The molecule has 7 rings (SSSR count). The number of aromatic nitrogens is 1. The molecular formula is C33H32F3N5O3. The number of nitrogens with one attached hydrogen (secondary N) is 2. The second-order valence-corrected chi connectivity index (χ2v) is 13.0. The lowest BCUT2D eigenvalue weighted by Gasteiger charge is -2.40. The Morgan fingerprint density at radius 2 is 1.80 bits per heavy atom. The van der Waals surface area contributed by atoms with Crippen LogP contribution < -0.4 is 16.4 Å². The maximum Gasteiger partial charge on any atom is 0.416 e.